The highest BCUT2D eigenvalue weighted by Crippen LogP contribution is 2.30. The summed E-state index contributed by atoms with van der Waals surface area (Å²) in [5.74, 6) is -0.999. The quantitative estimate of drug-likeness (QED) is 0.892. The minimum absolute atomic E-state index is 0.676. The second kappa shape index (κ2) is 3.92. The summed E-state index contributed by atoms with van der Waals surface area (Å²) in [6, 6.07) is 6.71. The van der Waals surface area contributed by atoms with E-state index in [9.17, 15) is 4.79 Å². The molecule has 5 heteroatoms. The molecule has 0 radical (unpaired) electrons. The van der Waals surface area contributed by atoms with E-state index < -0.39 is 12.0 Å². The molecule has 2 aromatic rings. The molecule has 0 fully saturated rings. The van der Waals surface area contributed by atoms with Crippen LogP contribution in [0.1, 0.15) is 10.9 Å². The van der Waals surface area contributed by atoms with Gasteiger partial charge in [0.25, 0.3) is 0 Å². The van der Waals surface area contributed by atoms with Crippen LogP contribution in [-0.2, 0) is 4.79 Å². The van der Waals surface area contributed by atoms with E-state index in [2.05, 4.69) is 15.9 Å². The largest absolute Gasteiger partial charge is 0.480 e. The normalized spacial score (nSPS) is 12.9. The molecule has 0 bridgehead atoms. The fourth-order valence-electron chi connectivity index (χ4n) is 1.31. The third-order valence-corrected chi connectivity index (χ3v) is 3.76. The summed E-state index contributed by atoms with van der Waals surface area (Å²) in [4.78, 5) is 11.4. The molecule has 2 rings (SSSR count). The van der Waals surface area contributed by atoms with Crippen LogP contribution in [0.4, 0.5) is 0 Å². The summed E-state index contributed by atoms with van der Waals surface area (Å²) in [6.07, 6.45) is 0. The Morgan fingerprint density at radius 2 is 2.20 bits per heavy atom. The van der Waals surface area contributed by atoms with Crippen LogP contribution in [0, 0.1) is 0 Å². The Hall–Kier alpha value is -0.910. The molecular formula is C10H8BrNO2S. The zero-order chi connectivity index (χ0) is 11.0. The van der Waals surface area contributed by atoms with Gasteiger partial charge in [-0.05, 0) is 29.7 Å². The van der Waals surface area contributed by atoms with Crippen molar-refractivity contribution in [1.29, 1.82) is 0 Å². The molecule has 0 spiro atoms. The Labute approximate surface area is 98.6 Å². The predicted molar refractivity (Wildman–Crippen MR) is 64.1 cm³/mol. The lowest BCUT2D eigenvalue weighted by Gasteiger charge is -2.00. The zero-order valence-corrected chi connectivity index (χ0v) is 10.0. The Morgan fingerprint density at radius 1 is 1.47 bits per heavy atom. The first-order valence-electron chi connectivity index (χ1n) is 4.25. The van der Waals surface area contributed by atoms with Gasteiger partial charge in [0, 0.05) is 14.0 Å². The van der Waals surface area contributed by atoms with Crippen LogP contribution in [0.3, 0.4) is 0 Å². The lowest BCUT2D eigenvalue weighted by atomic mass is 10.2. The number of carbonyl (C=O) groups is 1. The fourth-order valence-corrected chi connectivity index (χ4v) is 2.73. The average Bonchev–Trinajstić information content (AvgIpc) is 2.58. The maximum Gasteiger partial charge on any atom is 0.325 e. The number of fused-ring (bicyclic) bond motifs is 1. The van der Waals surface area contributed by atoms with Crippen LogP contribution < -0.4 is 5.73 Å². The minimum atomic E-state index is -0.999. The Balaban J connectivity index is 2.51. The highest BCUT2D eigenvalue weighted by atomic mass is 79.9. The molecule has 0 saturated heterocycles. The van der Waals surface area contributed by atoms with E-state index in [-0.39, 0.29) is 0 Å². The second-order valence-corrected chi connectivity index (χ2v) is 5.18. The molecule has 3 nitrogen and oxygen atoms in total. The van der Waals surface area contributed by atoms with Crippen molar-refractivity contribution in [3.8, 4) is 0 Å². The molecule has 3 N–H and O–H groups in total. The van der Waals surface area contributed by atoms with Crippen molar-refractivity contribution >= 4 is 43.3 Å². The number of thiophene rings is 1. The molecule has 0 saturated carbocycles. The number of aliphatic carboxylic acids is 1. The van der Waals surface area contributed by atoms with Gasteiger partial charge in [0.1, 0.15) is 6.04 Å². The Bertz CT molecular complexity index is 523. The van der Waals surface area contributed by atoms with Crippen molar-refractivity contribution in [2.24, 2.45) is 5.73 Å². The zero-order valence-electron chi connectivity index (χ0n) is 7.61. The van der Waals surface area contributed by atoms with Gasteiger partial charge >= 0.3 is 5.97 Å². The first-order valence-corrected chi connectivity index (χ1v) is 5.86. The summed E-state index contributed by atoms with van der Waals surface area (Å²) in [5.41, 5.74) is 5.54. The molecule has 0 aliphatic rings. The van der Waals surface area contributed by atoms with E-state index in [1.807, 2.05) is 24.3 Å². The molecule has 1 heterocycles. The lowest BCUT2D eigenvalue weighted by molar-refractivity contribution is -0.138. The molecular weight excluding hydrogens is 278 g/mol. The molecule has 0 aliphatic carbocycles. The van der Waals surface area contributed by atoms with E-state index in [0.29, 0.717) is 4.88 Å². The van der Waals surface area contributed by atoms with E-state index in [1.165, 1.54) is 11.3 Å². The fraction of sp³-hybridized carbons (Fsp3) is 0.100. The number of benzene rings is 1. The molecule has 15 heavy (non-hydrogen) atoms. The highest BCUT2D eigenvalue weighted by Gasteiger charge is 2.16. The van der Waals surface area contributed by atoms with Crippen molar-refractivity contribution in [2.45, 2.75) is 6.04 Å². The lowest BCUT2D eigenvalue weighted by Crippen LogP contribution is -2.19. The van der Waals surface area contributed by atoms with E-state index >= 15 is 0 Å². The summed E-state index contributed by atoms with van der Waals surface area (Å²) in [5, 5.41) is 9.80. The van der Waals surface area contributed by atoms with Crippen LogP contribution in [-0.4, -0.2) is 11.1 Å². The van der Waals surface area contributed by atoms with Crippen molar-refractivity contribution < 1.29 is 9.90 Å². The first-order chi connectivity index (χ1) is 7.08. The average molecular weight is 286 g/mol. The van der Waals surface area contributed by atoms with E-state index in [4.69, 9.17) is 10.8 Å². The van der Waals surface area contributed by atoms with Gasteiger partial charge in [-0.25, -0.2) is 0 Å². The first kappa shape index (κ1) is 10.6. The van der Waals surface area contributed by atoms with Crippen LogP contribution in [0.15, 0.2) is 28.7 Å². The van der Waals surface area contributed by atoms with Crippen LogP contribution >= 0.6 is 27.3 Å². The van der Waals surface area contributed by atoms with Gasteiger partial charge in [0.2, 0.25) is 0 Å². The molecule has 1 atom stereocenters. The number of rotatable bonds is 2. The number of hydrogen-bond acceptors (Lipinski definition) is 3. The second-order valence-electron chi connectivity index (χ2n) is 3.15. The third kappa shape index (κ3) is 2.04. The summed E-state index contributed by atoms with van der Waals surface area (Å²) in [6.45, 7) is 0. The minimum Gasteiger partial charge on any atom is -0.480 e. The SMILES string of the molecule is NC(C(=O)O)c1cc2cc(Br)ccc2s1. The van der Waals surface area contributed by atoms with Crippen molar-refractivity contribution in [3.05, 3.63) is 33.6 Å². The molecule has 0 aliphatic heterocycles. The maximum atomic E-state index is 10.7. The van der Waals surface area contributed by atoms with E-state index in [1.54, 1.807) is 0 Å². The summed E-state index contributed by atoms with van der Waals surface area (Å²) >= 11 is 4.78. The van der Waals surface area contributed by atoms with Gasteiger partial charge < -0.3 is 10.8 Å². The van der Waals surface area contributed by atoms with Gasteiger partial charge in [-0.1, -0.05) is 15.9 Å². The number of hydrogen-bond donors (Lipinski definition) is 2. The molecule has 1 aromatic heterocycles. The molecule has 1 unspecified atom stereocenters. The topological polar surface area (TPSA) is 63.3 Å². The van der Waals surface area contributed by atoms with Gasteiger partial charge in [-0.15, -0.1) is 11.3 Å². The van der Waals surface area contributed by atoms with Crippen molar-refractivity contribution in [2.75, 3.05) is 0 Å². The molecule has 0 amide bonds. The number of carboxylic acids is 1. The van der Waals surface area contributed by atoms with Gasteiger partial charge in [0.05, 0.1) is 0 Å². The maximum absolute atomic E-state index is 10.7. The third-order valence-electron chi connectivity index (χ3n) is 2.07. The van der Waals surface area contributed by atoms with Crippen LogP contribution in [0.25, 0.3) is 10.1 Å². The summed E-state index contributed by atoms with van der Waals surface area (Å²) < 4.78 is 2.02. The van der Waals surface area contributed by atoms with Crippen molar-refractivity contribution in [3.63, 3.8) is 0 Å². The highest BCUT2D eigenvalue weighted by molar-refractivity contribution is 9.10. The molecule has 1 aromatic carbocycles. The van der Waals surface area contributed by atoms with Gasteiger partial charge in [-0.2, -0.15) is 0 Å². The van der Waals surface area contributed by atoms with Crippen LogP contribution in [0.2, 0.25) is 0 Å². The monoisotopic (exact) mass is 285 g/mol. The van der Waals surface area contributed by atoms with Gasteiger partial charge in [-0.3, -0.25) is 4.79 Å². The molecule has 78 valence electrons. The standard InChI is InChI=1S/C10H8BrNO2S/c11-6-1-2-7-5(3-6)4-8(15-7)9(12)10(13)14/h1-4,9H,12H2,(H,13,14). The Kier molecular flexibility index (Phi) is 2.77. The predicted octanol–water partition coefficient (Wildman–Crippen LogP) is 2.75. The van der Waals surface area contributed by atoms with Crippen LogP contribution in [0.5, 0.6) is 0 Å². The number of halogens is 1. The number of nitrogens with two attached hydrogens (primary N) is 1. The van der Waals surface area contributed by atoms with Crippen molar-refractivity contribution in [1.82, 2.24) is 0 Å². The summed E-state index contributed by atoms with van der Waals surface area (Å²) in [7, 11) is 0. The number of carboxylic acid groups (broad SMARTS) is 1. The van der Waals surface area contributed by atoms with E-state index in [0.717, 1.165) is 14.6 Å². The smallest absolute Gasteiger partial charge is 0.325 e. The Morgan fingerprint density at radius 3 is 2.87 bits per heavy atom. The van der Waals surface area contributed by atoms with Gasteiger partial charge in [0.15, 0.2) is 0 Å².